The Morgan fingerprint density at radius 1 is 1.22 bits per heavy atom. The van der Waals surface area contributed by atoms with Crippen molar-refractivity contribution in [1.82, 2.24) is 10.6 Å². The molecule has 1 saturated carbocycles. The van der Waals surface area contributed by atoms with Crippen LogP contribution in [0.5, 0.6) is 0 Å². The first-order chi connectivity index (χ1) is 10.8. The lowest BCUT2D eigenvalue weighted by molar-refractivity contribution is 0.680. The van der Waals surface area contributed by atoms with Gasteiger partial charge >= 0.3 is 0 Å². The summed E-state index contributed by atoms with van der Waals surface area (Å²) in [7, 11) is 0. The molecule has 2 aromatic rings. The number of hydrogen-bond acceptors (Lipinski definition) is 2. The first kappa shape index (κ1) is 18.3. The summed E-state index contributed by atoms with van der Waals surface area (Å²) in [5.41, 5.74) is 1.28. The van der Waals surface area contributed by atoms with Gasteiger partial charge in [0.15, 0.2) is 5.96 Å². The number of hydrogen-bond donors (Lipinski definition) is 2. The van der Waals surface area contributed by atoms with E-state index in [1.54, 1.807) is 11.3 Å². The Morgan fingerprint density at radius 2 is 2.00 bits per heavy atom. The molecule has 0 radical (unpaired) electrons. The largest absolute Gasteiger partial charge is 0.354 e. The third kappa shape index (κ3) is 6.14. The van der Waals surface area contributed by atoms with E-state index in [4.69, 9.17) is 4.99 Å². The van der Waals surface area contributed by atoms with Crippen molar-refractivity contribution >= 4 is 41.3 Å². The van der Waals surface area contributed by atoms with Crippen molar-refractivity contribution in [2.24, 2.45) is 4.99 Å². The van der Waals surface area contributed by atoms with E-state index in [1.807, 2.05) is 0 Å². The average molecular weight is 441 g/mol. The van der Waals surface area contributed by atoms with Crippen LogP contribution in [0.1, 0.15) is 36.2 Å². The molecule has 1 aliphatic rings. The zero-order chi connectivity index (χ0) is 15.2. The molecule has 0 spiro atoms. The summed E-state index contributed by atoms with van der Waals surface area (Å²) in [6.45, 7) is 3.00. The van der Waals surface area contributed by atoms with Gasteiger partial charge in [0.25, 0.3) is 0 Å². The van der Waals surface area contributed by atoms with Crippen molar-refractivity contribution < 1.29 is 0 Å². The van der Waals surface area contributed by atoms with Crippen LogP contribution in [-0.4, -0.2) is 18.5 Å². The average Bonchev–Trinajstić information content (AvgIpc) is 3.20. The molecule has 2 N–H and O–H groups in total. The van der Waals surface area contributed by atoms with Crippen LogP contribution in [-0.2, 0) is 6.42 Å². The van der Waals surface area contributed by atoms with Gasteiger partial charge in [0.05, 0.1) is 6.04 Å². The van der Waals surface area contributed by atoms with Gasteiger partial charge < -0.3 is 10.6 Å². The zero-order valence-corrected chi connectivity index (χ0v) is 16.5. The predicted octanol–water partition coefficient (Wildman–Crippen LogP) is 4.37. The number of guanidine groups is 1. The second-order valence-electron chi connectivity index (χ2n) is 5.76. The molecule has 1 aliphatic carbocycles. The molecular weight excluding hydrogens is 417 g/mol. The van der Waals surface area contributed by atoms with E-state index in [0.29, 0.717) is 6.04 Å². The van der Waals surface area contributed by atoms with Crippen molar-refractivity contribution in [3.63, 3.8) is 0 Å². The van der Waals surface area contributed by atoms with Gasteiger partial charge in [0.2, 0.25) is 0 Å². The van der Waals surface area contributed by atoms with Crippen LogP contribution in [0.15, 0.2) is 52.8 Å². The molecule has 1 unspecified atom stereocenters. The quantitative estimate of drug-likeness (QED) is 0.397. The second kappa shape index (κ2) is 9.27. The molecule has 1 aromatic heterocycles. The fourth-order valence-corrected chi connectivity index (χ4v) is 3.02. The lowest BCUT2D eigenvalue weighted by atomic mass is 10.1. The van der Waals surface area contributed by atoms with E-state index in [9.17, 15) is 0 Å². The Morgan fingerprint density at radius 3 is 2.65 bits per heavy atom. The Bertz CT molecular complexity index is 594. The molecule has 1 aromatic carbocycles. The highest BCUT2D eigenvalue weighted by atomic mass is 127. The van der Waals surface area contributed by atoms with E-state index in [1.165, 1.54) is 23.3 Å². The van der Waals surface area contributed by atoms with Crippen LogP contribution in [0.4, 0.5) is 0 Å². The van der Waals surface area contributed by atoms with Crippen LogP contribution < -0.4 is 10.6 Å². The van der Waals surface area contributed by atoms with E-state index < -0.39 is 0 Å². The first-order valence-electron chi connectivity index (χ1n) is 7.96. The SMILES string of the molecule is CC(NC(=NCCc1cccs1)NC1CC1)c1ccccc1.I. The van der Waals surface area contributed by atoms with Crippen LogP contribution in [0.3, 0.4) is 0 Å². The Hall–Kier alpha value is -1.08. The minimum absolute atomic E-state index is 0. The standard InChI is InChI=1S/C18H23N3S.HI/c1-14(15-6-3-2-4-7-15)20-18(21-16-9-10-16)19-12-11-17-8-5-13-22-17;/h2-8,13-14,16H,9-12H2,1H3,(H2,19,20,21);1H. The summed E-state index contributed by atoms with van der Waals surface area (Å²) in [6, 6.07) is 15.6. The number of nitrogens with zero attached hydrogens (tertiary/aromatic N) is 1. The minimum atomic E-state index is 0. The van der Waals surface area contributed by atoms with Crippen molar-refractivity contribution in [2.45, 2.75) is 38.3 Å². The number of benzene rings is 1. The minimum Gasteiger partial charge on any atom is -0.354 e. The molecule has 124 valence electrons. The summed E-state index contributed by atoms with van der Waals surface area (Å²) in [5.74, 6) is 0.940. The monoisotopic (exact) mass is 441 g/mol. The summed E-state index contributed by atoms with van der Waals surface area (Å²) < 4.78 is 0. The molecule has 3 rings (SSSR count). The molecule has 3 nitrogen and oxygen atoms in total. The van der Waals surface area contributed by atoms with E-state index >= 15 is 0 Å². The predicted molar refractivity (Wildman–Crippen MR) is 110 cm³/mol. The highest BCUT2D eigenvalue weighted by Gasteiger charge is 2.23. The molecule has 1 atom stereocenters. The van der Waals surface area contributed by atoms with Gasteiger partial charge in [-0.15, -0.1) is 35.3 Å². The molecule has 0 aliphatic heterocycles. The maximum absolute atomic E-state index is 4.75. The van der Waals surface area contributed by atoms with Gasteiger partial charge in [0, 0.05) is 23.9 Å². The number of aliphatic imine (C=N–C) groups is 1. The third-order valence-electron chi connectivity index (χ3n) is 3.78. The second-order valence-corrected chi connectivity index (χ2v) is 6.79. The summed E-state index contributed by atoms with van der Waals surface area (Å²) in [4.78, 5) is 6.14. The fourth-order valence-electron chi connectivity index (χ4n) is 2.32. The Kier molecular flexibility index (Phi) is 7.36. The van der Waals surface area contributed by atoms with Gasteiger partial charge in [-0.3, -0.25) is 4.99 Å². The van der Waals surface area contributed by atoms with Crippen molar-refractivity contribution in [1.29, 1.82) is 0 Å². The van der Waals surface area contributed by atoms with Gasteiger partial charge in [-0.05, 0) is 36.8 Å². The maximum Gasteiger partial charge on any atom is 0.191 e. The number of halogens is 1. The molecule has 1 heterocycles. The van der Waals surface area contributed by atoms with Crippen molar-refractivity contribution in [2.75, 3.05) is 6.54 Å². The van der Waals surface area contributed by atoms with Gasteiger partial charge in [-0.1, -0.05) is 36.4 Å². The van der Waals surface area contributed by atoms with Crippen LogP contribution in [0, 0.1) is 0 Å². The zero-order valence-electron chi connectivity index (χ0n) is 13.4. The summed E-state index contributed by atoms with van der Waals surface area (Å²) >= 11 is 1.80. The van der Waals surface area contributed by atoms with E-state index in [0.717, 1.165) is 18.9 Å². The number of nitrogens with one attached hydrogen (secondary N) is 2. The number of rotatable bonds is 6. The molecule has 0 saturated heterocycles. The Labute approximate surface area is 159 Å². The summed E-state index contributed by atoms with van der Waals surface area (Å²) in [6.07, 6.45) is 3.52. The highest BCUT2D eigenvalue weighted by molar-refractivity contribution is 14.0. The third-order valence-corrected chi connectivity index (χ3v) is 4.72. The van der Waals surface area contributed by atoms with Gasteiger partial charge in [0.1, 0.15) is 0 Å². The lowest BCUT2D eigenvalue weighted by Crippen LogP contribution is -2.40. The number of thiophene rings is 1. The molecule has 23 heavy (non-hydrogen) atoms. The molecule has 5 heteroatoms. The van der Waals surface area contributed by atoms with Crippen molar-refractivity contribution in [3.05, 3.63) is 58.3 Å². The van der Waals surface area contributed by atoms with E-state index in [-0.39, 0.29) is 30.0 Å². The molecule has 0 amide bonds. The molecular formula is C18H24IN3S. The van der Waals surface area contributed by atoms with E-state index in [2.05, 4.69) is 65.4 Å². The lowest BCUT2D eigenvalue weighted by Gasteiger charge is -2.18. The van der Waals surface area contributed by atoms with Gasteiger partial charge in [-0.2, -0.15) is 0 Å². The fraction of sp³-hybridized carbons (Fsp3) is 0.389. The Balaban J connectivity index is 0.00000192. The molecule has 1 fully saturated rings. The summed E-state index contributed by atoms with van der Waals surface area (Å²) in [5, 5.41) is 9.16. The highest BCUT2D eigenvalue weighted by Crippen LogP contribution is 2.19. The van der Waals surface area contributed by atoms with Crippen LogP contribution in [0.2, 0.25) is 0 Å². The van der Waals surface area contributed by atoms with Gasteiger partial charge in [-0.25, -0.2) is 0 Å². The first-order valence-corrected chi connectivity index (χ1v) is 8.84. The smallest absolute Gasteiger partial charge is 0.191 e. The molecule has 0 bridgehead atoms. The normalized spacial score (nSPS) is 15.6. The topological polar surface area (TPSA) is 36.4 Å². The van der Waals surface area contributed by atoms with Crippen LogP contribution in [0.25, 0.3) is 0 Å². The van der Waals surface area contributed by atoms with Crippen LogP contribution >= 0.6 is 35.3 Å². The maximum atomic E-state index is 4.75. The van der Waals surface area contributed by atoms with Crippen molar-refractivity contribution in [3.8, 4) is 0 Å².